The minimum atomic E-state index is -0.735. The third-order valence-corrected chi connectivity index (χ3v) is 3.90. The Balaban J connectivity index is 1.95. The standard InChI is InChI=1S/C13H23NO3/c1-2-3-11-8-13(12(15)16,6-7-17-11)14-9-10-4-5-10/h10-11,14H,2-9H2,1H3,(H,15,16). The molecule has 0 aromatic heterocycles. The highest BCUT2D eigenvalue weighted by molar-refractivity contribution is 5.79. The molecule has 2 atom stereocenters. The van der Waals surface area contributed by atoms with Gasteiger partial charge >= 0.3 is 5.97 Å². The molecule has 1 saturated heterocycles. The zero-order valence-electron chi connectivity index (χ0n) is 10.6. The van der Waals surface area contributed by atoms with E-state index in [4.69, 9.17) is 4.74 Å². The van der Waals surface area contributed by atoms with Crippen molar-refractivity contribution in [1.82, 2.24) is 5.32 Å². The van der Waals surface area contributed by atoms with Crippen molar-refractivity contribution in [1.29, 1.82) is 0 Å². The van der Waals surface area contributed by atoms with Gasteiger partial charge in [0.2, 0.25) is 0 Å². The molecule has 1 aliphatic carbocycles. The summed E-state index contributed by atoms with van der Waals surface area (Å²) < 4.78 is 5.64. The van der Waals surface area contributed by atoms with Crippen LogP contribution in [0.15, 0.2) is 0 Å². The van der Waals surface area contributed by atoms with Gasteiger partial charge in [0, 0.05) is 13.0 Å². The van der Waals surface area contributed by atoms with Gasteiger partial charge in [0.25, 0.3) is 0 Å². The van der Waals surface area contributed by atoms with Crippen molar-refractivity contribution < 1.29 is 14.6 Å². The molecule has 2 N–H and O–H groups in total. The Morgan fingerprint density at radius 3 is 2.88 bits per heavy atom. The Morgan fingerprint density at radius 1 is 1.53 bits per heavy atom. The Labute approximate surface area is 103 Å². The van der Waals surface area contributed by atoms with Crippen molar-refractivity contribution in [2.45, 2.75) is 57.1 Å². The maximum Gasteiger partial charge on any atom is 0.324 e. The molecule has 17 heavy (non-hydrogen) atoms. The van der Waals surface area contributed by atoms with Gasteiger partial charge in [-0.2, -0.15) is 0 Å². The van der Waals surface area contributed by atoms with Gasteiger partial charge in [0.15, 0.2) is 0 Å². The second-order valence-corrected chi connectivity index (χ2v) is 5.45. The van der Waals surface area contributed by atoms with Crippen LogP contribution in [0.5, 0.6) is 0 Å². The van der Waals surface area contributed by atoms with E-state index < -0.39 is 11.5 Å². The van der Waals surface area contributed by atoms with Gasteiger partial charge in [-0.05, 0) is 38.1 Å². The lowest BCUT2D eigenvalue weighted by Crippen LogP contribution is -2.57. The number of hydrogen-bond acceptors (Lipinski definition) is 3. The van der Waals surface area contributed by atoms with Crippen LogP contribution < -0.4 is 5.32 Å². The quantitative estimate of drug-likeness (QED) is 0.744. The molecule has 4 heteroatoms. The van der Waals surface area contributed by atoms with Crippen molar-refractivity contribution in [3.8, 4) is 0 Å². The molecule has 0 radical (unpaired) electrons. The summed E-state index contributed by atoms with van der Waals surface area (Å²) in [5.41, 5.74) is -0.735. The van der Waals surface area contributed by atoms with Crippen LogP contribution in [0, 0.1) is 5.92 Å². The molecule has 1 saturated carbocycles. The molecule has 2 aliphatic rings. The minimum Gasteiger partial charge on any atom is -0.480 e. The average molecular weight is 241 g/mol. The van der Waals surface area contributed by atoms with Crippen LogP contribution in [-0.2, 0) is 9.53 Å². The number of nitrogens with one attached hydrogen (secondary N) is 1. The lowest BCUT2D eigenvalue weighted by atomic mass is 9.85. The highest BCUT2D eigenvalue weighted by atomic mass is 16.5. The van der Waals surface area contributed by atoms with E-state index in [0.717, 1.165) is 19.4 Å². The lowest BCUT2D eigenvalue weighted by molar-refractivity contribution is -0.152. The summed E-state index contributed by atoms with van der Waals surface area (Å²) in [6.07, 6.45) is 5.81. The highest BCUT2D eigenvalue weighted by Gasteiger charge is 2.43. The monoisotopic (exact) mass is 241 g/mol. The van der Waals surface area contributed by atoms with Gasteiger partial charge < -0.3 is 15.2 Å². The first-order valence-corrected chi connectivity index (χ1v) is 6.76. The molecule has 2 fully saturated rings. The van der Waals surface area contributed by atoms with Crippen LogP contribution in [0.3, 0.4) is 0 Å². The molecule has 0 aromatic rings. The van der Waals surface area contributed by atoms with Gasteiger partial charge in [-0.25, -0.2) is 0 Å². The summed E-state index contributed by atoms with van der Waals surface area (Å²) in [6.45, 7) is 3.53. The van der Waals surface area contributed by atoms with Crippen molar-refractivity contribution >= 4 is 5.97 Å². The second-order valence-electron chi connectivity index (χ2n) is 5.45. The number of carboxylic acids is 1. The summed E-state index contributed by atoms with van der Waals surface area (Å²) in [6, 6.07) is 0. The molecular weight excluding hydrogens is 218 g/mol. The van der Waals surface area contributed by atoms with E-state index >= 15 is 0 Å². The number of aliphatic carboxylic acids is 1. The van der Waals surface area contributed by atoms with Crippen LogP contribution in [0.1, 0.15) is 45.4 Å². The fraction of sp³-hybridized carbons (Fsp3) is 0.923. The SMILES string of the molecule is CCCC1CC(NCC2CC2)(C(=O)O)CCO1. The van der Waals surface area contributed by atoms with E-state index in [1.165, 1.54) is 12.8 Å². The van der Waals surface area contributed by atoms with Crippen LogP contribution in [-0.4, -0.2) is 35.9 Å². The molecule has 0 spiro atoms. The predicted molar refractivity (Wildman–Crippen MR) is 65.0 cm³/mol. The number of ether oxygens (including phenoxy) is 1. The van der Waals surface area contributed by atoms with E-state index in [1.54, 1.807) is 0 Å². The molecule has 1 aliphatic heterocycles. The molecule has 98 valence electrons. The van der Waals surface area contributed by atoms with Gasteiger partial charge in [-0.3, -0.25) is 4.79 Å². The average Bonchev–Trinajstić information content (AvgIpc) is 3.11. The fourth-order valence-electron chi connectivity index (χ4n) is 2.55. The van der Waals surface area contributed by atoms with Crippen molar-refractivity contribution in [2.24, 2.45) is 5.92 Å². The maximum atomic E-state index is 11.5. The zero-order valence-corrected chi connectivity index (χ0v) is 10.6. The van der Waals surface area contributed by atoms with Gasteiger partial charge in [0.1, 0.15) is 5.54 Å². The fourth-order valence-corrected chi connectivity index (χ4v) is 2.55. The lowest BCUT2D eigenvalue weighted by Gasteiger charge is -2.38. The third kappa shape index (κ3) is 3.19. The second kappa shape index (κ2) is 5.36. The van der Waals surface area contributed by atoms with E-state index in [0.29, 0.717) is 25.4 Å². The van der Waals surface area contributed by atoms with E-state index in [9.17, 15) is 9.90 Å². The molecule has 4 nitrogen and oxygen atoms in total. The van der Waals surface area contributed by atoms with Gasteiger partial charge in [-0.1, -0.05) is 13.3 Å². The van der Waals surface area contributed by atoms with Crippen LogP contribution in [0.2, 0.25) is 0 Å². The molecule has 2 unspecified atom stereocenters. The van der Waals surface area contributed by atoms with E-state index in [2.05, 4.69) is 12.2 Å². The number of carbonyl (C=O) groups is 1. The molecule has 0 aromatic carbocycles. The molecule has 2 rings (SSSR count). The molecular formula is C13H23NO3. The summed E-state index contributed by atoms with van der Waals surface area (Å²) >= 11 is 0. The van der Waals surface area contributed by atoms with E-state index in [1.807, 2.05) is 0 Å². The first-order chi connectivity index (χ1) is 8.16. The molecule has 0 amide bonds. The Hall–Kier alpha value is -0.610. The zero-order chi connectivity index (χ0) is 12.3. The highest BCUT2D eigenvalue weighted by Crippen LogP contribution is 2.32. The minimum absolute atomic E-state index is 0.108. The smallest absolute Gasteiger partial charge is 0.324 e. The van der Waals surface area contributed by atoms with Crippen molar-refractivity contribution in [2.75, 3.05) is 13.2 Å². The predicted octanol–water partition coefficient (Wildman–Crippen LogP) is 1.79. The molecule has 0 bridgehead atoms. The Bertz CT molecular complexity index is 276. The third-order valence-electron chi connectivity index (χ3n) is 3.90. The van der Waals surface area contributed by atoms with Crippen molar-refractivity contribution in [3.05, 3.63) is 0 Å². The Morgan fingerprint density at radius 2 is 2.29 bits per heavy atom. The number of hydrogen-bond donors (Lipinski definition) is 2. The summed E-state index contributed by atoms with van der Waals surface area (Å²) in [4.78, 5) is 11.5. The van der Waals surface area contributed by atoms with Crippen LogP contribution in [0.25, 0.3) is 0 Å². The van der Waals surface area contributed by atoms with Gasteiger partial charge in [-0.15, -0.1) is 0 Å². The normalized spacial score (nSPS) is 33.6. The summed E-state index contributed by atoms with van der Waals surface area (Å²) in [7, 11) is 0. The Kier molecular flexibility index (Phi) is 4.05. The van der Waals surface area contributed by atoms with Crippen molar-refractivity contribution in [3.63, 3.8) is 0 Å². The number of carboxylic acid groups (broad SMARTS) is 1. The first kappa shape index (κ1) is 12.8. The van der Waals surface area contributed by atoms with Crippen LogP contribution >= 0.6 is 0 Å². The largest absolute Gasteiger partial charge is 0.480 e. The van der Waals surface area contributed by atoms with Gasteiger partial charge in [0.05, 0.1) is 6.10 Å². The summed E-state index contributed by atoms with van der Waals surface area (Å²) in [5.74, 6) is 0.00116. The van der Waals surface area contributed by atoms with Crippen LogP contribution in [0.4, 0.5) is 0 Å². The first-order valence-electron chi connectivity index (χ1n) is 6.76. The summed E-state index contributed by atoms with van der Waals surface area (Å²) in [5, 5.41) is 12.8. The van der Waals surface area contributed by atoms with E-state index in [-0.39, 0.29) is 6.10 Å². The molecule has 1 heterocycles. The topological polar surface area (TPSA) is 58.6 Å². The number of rotatable bonds is 6. The maximum absolute atomic E-state index is 11.5.